The largest absolute Gasteiger partial charge is 0.507 e. The number of esters is 5. The lowest BCUT2D eigenvalue weighted by Crippen LogP contribution is -2.36. The highest BCUT2D eigenvalue weighted by Gasteiger charge is 2.24. The number of halogens is 4. The third-order valence-corrected chi connectivity index (χ3v) is 13.3. The van der Waals surface area contributed by atoms with Crippen LogP contribution < -0.4 is 30.6 Å². The van der Waals surface area contributed by atoms with Crippen molar-refractivity contribution in [2.24, 2.45) is 5.73 Å². The van der Waals surface area contributed by atoms with Gasteiger partial charge in [-0.25, -0.2) is 19.2 Å². The number of nitrogens with one attached hydrogen (secondary N) is 2. The Morgan fingerprint density at radius 3 is 0.897 bits per heavy atom. The van der Waals surface area contributed by atoms with Gasteiger partial charge in [0.15, 0.2) is 13.2 Å². The van der Waals surface area contributed by atoms with E-state index in [-0.39, 0.29) is 54.4 Å². The zero-order valence-corrected chi connectivity index (χ0v) is 63.6. The van der Waals surface area contributed by atoms with Crippen molar-refractivity contribution in [1.82, 2.24) is 10.6 Å². The van der Waals surface area contributed by atoms with Gasteiger partial charge in [0.05, 0.1) is 12.4 Å². The second kappa shape index (κ2) is 47.7. The zero-order valence-electron chi connectivity index (χ0n) is 60.5. The first-order valence-corrected chi connectivity index (χ1v) is 33.1. The highest BCUT2D eigenvalue weighted by molar-refractivity contribution is 6.67. The number of nitrogens with two attached hydrogens (primary N) is 1. The molecule has 4 rings (SSSR count). The monoisotopic (exact) mass is 1440 g/mol. The number of ether oxygens (including phenoxy) is 7. The van der Waals surface area contributed by atoms with E-state index in [1.807, 2.05) is 128 Å². The highest BCUT2D eigenvalue weighted by atomic mass is 35.5. The Labute approximate surface area is 595 Å². The van der Waals surface area contributed by atoms with Crippen LogP contribution in [0.15, 0.2) is 72.8 Å². The standard InChI is InChI=1S/C21H31NO6.C16H23NO4.C14H19ClO2.C12H18O.C7H13NO4.C2H2Cl2O.ClH/c1-13(2)15-9-8-10-16(14(3)4)19(15)27-18(24)12-26-17(23)11-22-20(25)28-21(5,6)7;1-10(2)12-6-5-7-13(11(3)4)16(12)21-15(19)9-20-14(18)8-17;1-9(2)11-6-5-7-12(10(3)4)14(11)17-13(16)8-15;1-8(2)10-6-5-7-11(9(3)4)12(10)13;1-7(2,3)12-6(11)8-4-5(9)10;3-1-2(4)5;/h8-10,13-14H,11-12H2,1-7H3,(H,22,25);5-7,10-11H,8-9,17H2,1-4H3;5-7,9-10H,8H2,1-4H3;5-9,13H,1-4H3;4H2,1-3H3,(H,8,11)(H,9,10);1H2;1H. The summed E-state index contributed by atoms with van der Waals surface area (Å²) in [4.78, 5) is 99.8. The zero-order chi connectivity index (χ0) is 74.5. The van der Waals surface area contributed by atoms with Gasteiger partial charge in [0.25, 0.3) is 0 Å². The van der Waals surface area contributed by atoms with Crippen molar-refractivity contribution >= 4 is 100 Å². The normalized spacial score (nSPS) is 10.7. The van der Waals surface area contributed by atoms with Gasteiger partial charge < -0.3 is 59.7 Å². The number of aliphatic carboxylic acids is 1. The van der Waals surface area contributed by atoms with Gasteiger partial charge in [0, 0.05) is 0 Å². The molecule has 6 N–H and O–H groups in total. The molecule has 546 valence electrons. The number of phenols is 1. The predicted octanol–water partition coefficient (Wildman–Crippen LogP) is 16.0. The van der Waals surface area contributed by atoms with Gasteiger partial charge in [-0.2, -0.15) is 0 Å². The van der Waals surface area contributed by atoms with Crippen LogP contribution in [-0.2, 0) is 52.5 Å². The van der Waals surface area contributed by atoms with Crippen LogP contribution in [-0.4, -0.2) is 119 Å². The van der Waals surface area contributed by atoms with E-state index in [2.05, 4.69) is 70.8 Å². The van der Waals surface area contributed by atoms with Gasteiger partial charge in [-0.15, -0.1) is 35.6 Å². The topological polar surface area (TPSA) is 309 Å². The molecule has 0 aromatic heterocycles. The first-order valence-electron chi connectivity index (χ1n) is 31.6. The Balaban J connectivity index is -0.00000115. The molecular weight excluding hydrogens is 1340 g/mol. The number of phenolic OH excluding ortho intramolecular Hbond substituents is 1. The maximum absolute atomic E-state index is 12.2. The van der Waals surface area contributed by atoms with Crippen LogP contribution in [0.5, 0.6) is 23.0 Å². The van der Waals surface area contributed by atoms with Gasteiger partial charge in [-0.3, -0.25) is 24.0 Å². The molecule has 0 saturated carbocycles. The van der Waals surface area contributed by atoms with E-state index in [9.17, 15) is 48.3 Å². The van der Waals surface area contributed by atoms with Crippen molar-refractivity contribution in [2.45, 2.75) is 211 Å². The molecule has 0 fully saturated rings. The third kappa shape index (κ3) is 40.4. The lowest BCUT2D eigenvalue weighted by Gasteiger charge is -2.19. The van der Waals surface area contributed by atoms with Crippen LogP contribution in [0, 0.1) is 0 Å². The summed E-state index contributed by atoms with van der Waals surface area (Å²) in [7, 11) is 0. The molecule has 0 heterocycles. The number of carbonyl (C=O) groups excluding carboxylic acids is 8. The number of hydrogen-bond acceptors (Lipinski definition) is 18. The number of carboxylic acid groups (broad SMARTS) is 1. The van der Waals surface area contributed by atoms with E-state index in [1.165, 1.54) is 0 Å². The van der Waals surface area contributed by atoms with E-state index in [1.54, 1.807) is 41.5 Å². The van der Waals surface area contributed by atoms with Crippen LogP contribution in [0.25, 0.3) is 0 Å². The first kappa shape index (κ1) is 94.0. The second-order valence-corrected chi connectivity index (χ2v) is 27.0. The maximum Gasteiger partial charge on any atom is 0.408 e. The number of carbonyl (C=O) groups is 9. The number of alkyl carbamates (subject to hydrolysis) is 2. The van der Waals surface area contributed by atoms with Crippen molar-refractivity contribution in [1.29, 1.82) is 0 Å². The van der Waals surface area contributed by atoms with Gasteiger partial charge in [0.1, 0.15) is 53.2 Å². The highest BCUT2D eigenvalue weighted by Crippen LogP contribution is 2.38. The number of carboxylic acids is 1. The fourth-order valence-corrected chi connectivity index (χ4v) is 8.11. The van der Waals surface area contributed by atoms with Gasteiger partial charge in [0.2, 0.25) is 5.24 Å². The van der Waals surface area contributed by atoms with Crippen LogP contribution in [0.2, 0.25) is 0 Å². The smallest absolute Gasteiger partial charge is 0.408 e. The summed E-state index contributed by atoms with van der Waals surface area (Å²) >= 11 is 15.0. The SMILES string of the molecule is CC(C)(C)OC(=O)NCC(=O)O.CC(C)c1cccc(C(C)C)c1O.CC(C)c1cccc(C(C)C)c1OC(=O)CCl.CC(C)c1cccc(C(C)C)c1OC(=O)COC(=O)CN.CC(C)c1cccc(C(C)C)c1OC(=O)COC(=O)CNC(=O)OC(C)(C)C.Cl.O=C(Cl)CCl. The third-order valence-electron chi connectivity index (χ3n) is 12.6. The number of benzene rings is 4. The molecule has 0 aliphatic carbocycles. The summed E-state index contributed by atoms with van der Waals surface area (Å²) in [5.41, 5.74) is 11.8. The Hall–Kier alpha value is -7.17. The van der Waals surface area contributed by atoms with Crippen molar-refractivity contribution in [3.05, 3.63) is 117 Å². The number of alkyl halides is 2. The molecule has 4 aromatic carbocycles. The quantitative estimate of drug-likeness (QED) is 0.0160. The fraction of sp³-hybridized carbons (Fsp3) is 0.542. The molecule has 0 atom stereocenters. The number of para-hydroxylation sites is 4. The molecule has 21 nitrogen and oxygen atoms in total. The molecule has 0 radical (unpaired) electrons. The lowest BCUT2D eigenvalue weighted by atomic mass is 9.94. The second-order valence-electron chi connectivity index (χ2n) is 26.0. The van der Waals surface area contributed by atoms with Crippen molar-refractivity contribution in [2.75, 3.05) is 44.6 Å². The molecule has 25 heteroatoms. The Morgan fingerprint density at radius 1 is 0.423 bits per heavy atom. The number of amides is 2. The molecule has 97 heavy (non-hydrogen) atoms. The summed E-state index contributed by atoms with van der Waals surface area (Å²) in [5, 5.41) is 22.0. The van der Waals surface area contributed by atoms with Gasteiger partial charge >= 0.3 is 48.0 Å². The van der Waals surface area contributed by atoms with E-state index >= 15 is 0 Å². The molecule has 0 bridgehead atoms. The van der Waals surface area contributed by atoms with Crippen LogP contribution in [0.4, 0.5) is 9.59 Å². The molecular formula is C72H107Cl4N3O18. The lowest BCUT2D eigenvalue weighted by molar-refractivity contribution is -0.152. The molecule has 0 aliphatic rings. The van der Waals surface area contributed by atoms with Crippen LogP contribution in [0.3, 0.4) is 0 Å². The van der Waals surface area contributed by atoms with Crippen LogP contribution >= 0.6 is 47.2 Å². The van der Waals surface area contributed by atoms with Crippen molar-refractivity contribution in [3.63, 3.8) is 0 Å². The molecule has 0 saturated heterocycles. The molecule has 0 aliphatic heterocycles. The fourth-order valence-electron chi connectivity index (χ4n) is 8.05. The summed E-state index contributed by atoms with van der Waals surface area (Å²) in [5.74, 6) is 0.0295. The van der Waals surface area contributed by atoms with Gasteiger partial charge in [-0.1, -0.05) is 184 Å². The number of rotatable bonds is 22. The van der Waals surface area contributed by atoms with Crippen LogP contribution in [0.1, 0.15) is 244 Å². The minimum absolute atomic E-state index is 0. The molecule has 0 unspecified atom stereocenters. The van der Waals surface area contributed by atoms with Crippen molar-refractivity contribution < 1.29 is 86.5 Å². The Bertz CT molecular complexity index is 3010. The van der Waals surface area contributed by atoms with E-state index < -0.39 is 90.8 Å². The minimum atomic E-state index is -1.10. The van der Waals surface area contributed by atoms with Crippen molar-refractivity contribution in [3.8, 4) is 23.0 Å². The van der Waals surface area contributed by atoms with E-state index in [0.29, 0.717) is 46.7 Å². The Kier molecular flexibility index (Phi) is 46.3. The number of hydrogen-bond donors (Lipinski definition) is 5. The van der Waals surface area contributed by atoms with E-state index in [0.717, 1.165) is 44.5 Å². The molecule has 4 aromatic rings. The van der Waals surface area contributed by atoms with Gasteiger partial charge in [-0.05, 0) is 145 Å². The minimum Gasteiger partial charge on any atom is -0.507 e. The molecule has 0 spiro atoms. The average molecular weight is 1440 g/mol. The summed E-state index contributed by atoms with van der Waals surface area (Å²) < 4.78 is 35.7. The predicted molar refractivity (Wildman–Crippen MR) is 384 cm³/mol. The maximum atomic E-state index is 12.2. The first-order chi connectivity index (χ1) is 44.4. The number of aromatic hydroxyl groups is 1. The van der Waals surface area contributed by atoms with E-state index in [4.69, 9.17) is 74.1 Å². The summed E-state index contributed by atoms with van der Waals surface area (Å²) in [6, 6.07) is 23.6. The molecule has 2 amide bonds. The summed E-state index contributed by atoms with van der Waals surface area (Å²) in [6.45, 7) is 41.1. The Morgan fingerprint density at radius 2 is 0.670 bits per heavy atom. The average Bonchev–Trinajstić information content (AvgIpc) is 0.889. The summed E-state index contributed by atoms with van der Waals surface area (Å²) in [6.07, 6.45) is -1.45.